The highest BCUT2D eigenvalue weighted by Gasteiger charge is 2.62. The molecule has 1 aliphatic heterocycles. The van der Waals surface area contributed by atoms with E-state index in [0.29, 0.717) is 5.46 Å². The van der Waals surface area contributed by atoms with Gasteiger partial charge in [0.15, 0.2) is 0 Å². The minimum atomic E-state index is -1.62. The third-order valence-electron chi connectivity index (χ3n) is 6.56. The zero-order chi connectivity index (χ0) is 21.6. The second-order valence-corrected chi connectivity index (χ2v) is 8.08. The zero-order valence-electron chi connectivity index (χ0n) is 16.9. The summed E-state index contributed by atoms with van der Waals surface area (Å²) in [6.45, 7) is -2.44. The van der Waals surface area contributed by atoms with Crippen molar-refractivity contribution in [3.05, 3.63) is 66.7 Å². The molecular formula is C24H23BO6. The van der Waals surface area contributed by atoms with E-state index in [-0.39, 0.29) is 0 Å². The monoisotopic (exact) mass is 418 g/mol. The fourth-order valence-corrected chi connectivity index (χ4v) is 4.68. The van der Waals surface area contributed by atoms with E-state index in [0.717, 1.165) is 26.9 Å². The van der Waals surface area contributed by atoms with Crippen molar-refractivity contribution in [1.29, 1.82) is 0 Å². The molecule has 1 saturated heterocycles. The van der Waals surface area contributed by atoms with E-state index < -0.39 is 44.7 Å². The number of aliphatic hydroxyl groups is 4. The van der Waals surface area contributed by atoms with Gasteiger partial charge < -0.3 is 29.7 Å². The second kappa shape index (κ2) is 7.56. The van der Waals surface area contributed by atoms with Crippen LogP contribution in [0, 0.1) is 0 Å². The molecule has 0 bridgehead atoms. The Morgan fingerprint density at radius 1 is 0.548 bits per heavy atom. The summed E-state index contributed by atoms with van der Waals surface area (Å²) in [7, 11) is -0.965. The van der Waals surface area contributed by atoms with Crippen LogP contribution in [0.25, 0.3) is 32.3 Å². The van der Waals surface area contributed by atoms with Crippen LogP contribution in [-0.2, 0) is 9.31 Å². The summed E-state index contributed by atoms with van der Waals surface area (Å²) in [4.78, 5) is 0. The lowest BCUT2D eigenvalue weighted by Crippen LogP contribution is -2.61. The van der Waals surface area contributed by atoms with Crippen LogP contribution in [-0.4, -0.2) is 65.2 Å². The van der Waals surface area contributed by atoms with E-state index >= 15 is 0 Å². The van der Waals surface area contributed by atoms with Crippen LogP contribution >= 0.6 is 0 Å². The first-order valence-electron chi connectivity index (χ1n) is 10.2. The summed E-state index contributed by atoms with van der Waals surface area (Å²) in [5.41, 5.74) is -2.58. The molecule has 0 unspecified atom stereocenters. The lowest BCUT2D eigenvalue weighted by molar-refractivity contribution is -0.147. The first-order chi connectivity index (χ1) is 15.1. The quantitative estimate of drug-likeness (QED) is 0.289. The maximum Gasteiger partial charge on any atom is 0.495 e. The van der Waals surface area contributed by atoms with Crippen LogP contribution in [0.3, 0.4) is 0 Å². The van der Waals surface area contributed by atoms with Crippen LogP contribution in [0.4, 0.5) is 0 Å². The van der Waals surface area contributed by atoms with Crippen LogP contribution in [0.2, 0.25) is 0 Å². The van der Waals surface area contributed by atoms with Crippen molar-refractivity contribution in [2.45, 2.75) is 11.2 Å². The average Bonchev–Trinajstić information content (AvgIpc) is 3.19. The molecule has 0 aromatic heterocycles. The largest absolute Gasteiger partial charge is 0.495 e. The Labute approximate surface area is 179 Å². The van der Waals surface area contributed by atoms with Gasteiger partial charge in [0.05, 0.1) is 26.4 Å². The SMILES string of the molecule is OCC1(CO)OB(c2ccc3c4ccccc4c4ccccc4c3c2)OC1(CO)CO. The molecule has 4 N–H and O–H groups in total. The molecule has 158 valence electrons. The minimum Gasteiger partial charge on any atom is -0.394 e. The topological polar surface area (TPSA) is 99.4 Å². The second-order valence-electron chi connectivity index (χ2n) is 8.08. The Hall–Kier alpha value is -2.52. The Morgan fingerprint density at radius 2 is 0.935 bits per heavy atom. The highest BCUT2D eigenvalue weighted by Crippen LogP contribution is 2.38. The van der Waals surface area contributed by atoms with Crippen molar-refractivity contribution < 1.29 is 29.7 Å². The van der Waals surface area contributed by atoms with E-state index in [1.807, 2.05) is 42.5 Å². The molecule has 0 atom stereocenters. The van der Waals surface area contributed by atoms with Gasteiger partial charge in [-0.15, -0.1) is 0 Å². The summed E-state index contributed by atoms with van der Waals surface area (Å²) in [6, 6.07) is 22.3. The molecular weight excluding hydrogens is 395 g/mol. The maximum atomic E-state index is 9.92. The maximum absolute atomic E-state index is 9.92. The van der Waals surface area contributed by atoms with E-state index in [1.54, 1.807) is 0 Å². The molecule has 0 amide bonds. The van der Waals surface area contributed by atoms with E-state index in [4.69, 9.17) is 9.31 Å². The molecule has 4 aromatic carbocycles. The van der Waals surface area contributed by atoms with Crippen molar-refractivity contribution in [2.24, 2.45) is 0 Å². The number of hydrogen-bond donors (Lipinski definition) is 4. The number of hydrogen-bond acceptors (Lipinski definition) is 6. The lowest BCUT2D eigenvalue weighted by atomic mass is 9.77. The summed E-state index contributed by atoms with van der Waals surface area (Å²) in [5, 5.41) is 46.3. The fraction of sp³-hybridized carbons (Fsp3) is 0.250. The van der Waals surface area contributed by atoms with Gasteiger partial charge in [0.2, 0.25) is 0 Å². The minimum absolute atomic E-state index is 0.609. The van der Waals surface area contributed by atoms with E-state index in [1.165, 1.54) is 5.39 Å². The summed E-state index contributed by atoms with van der Waals surface area (Å²) >= 11 is 0. The molecule has 1 heterocycles. The van der Waals surface area contributed by atoms with Gasteiger partial charge in [-0.1, -0.05) is 66.7 Å². The predicted molar refractivity (Wildman–Crippen MR) is 120 cm³/mol. The van der Waals surface area contributed by atoms with Crippen LogP contribution in [0.15, 0.2) is 66.7 Å². The van der Waals surface area contributed by atoms with Gasteiger partial charge in [0.25, 0.3) is 0 Å². The third-order valence-corrected chi connectivity index (χ3v) is 6.56. The molecule has 0 aliphatic carbocycles. The van der Waals surface area contributed by atoms with Gasteiger partial charge in [-0.05, 0) is 37.8 Å². The molecule has 0 radical (unpaired) electrons. The van der Waals surface area contributed by atoms with Crippen molar-refractivity contribution in [3.63, 3.8) is 0 Å². The number of benzene rings is 4. The summed E-state index contributed by atoms with van der Waals surface area (Å²) in [6.07, 6.45) is 0. The Balaban J connectivity index is 1.71. The third kappa shape index (κ3) is 2.83. The Morgan fingerprint density at radius 3 is 1.35 bits per heavy atom. The molecule has 0 saturated carbocycles. The molecule has 1 fully saturated rings. The van der Waals surface area contributed by atoms with Gasteiger partial charge in [-0.3, -0.25) is 0 Å². The molecule has 4 aromatic rings. The van der Waals surface area contributed by atoms with Crippen LogP contribution < -0.4 is 5.46 Å². The smallest absolute Gasteiger partial charge is 0.394 e. The molecule has 5 rings (SSSR count). The van der Waals surface area contributed by atoms with Crippen molar-refractivity contribution in [2.75, 3.05) is 26.4 Å². The van der Waals surface area contributed by atoms with E-state index in [2.05, 4.69) is 24.3 Å². The highest BCUT2D eigenvalue weighted by molar-refractivity contribution is 6.62. The fourth-order valence-electron chi connectivity index (χ4n) is 4.68. The van der Waals surface area contributed by atoms with Crippen molar-refractivity contribution in [1.82, 2.24) is 0 Å². The summed E-state index contributed by atoms with van der Waals surface area (Å²) in [5.74, 6) is 0. The highest BCUT2D eigenvalue weighted by atomic mass is 16.7. The van der Waals surface area contributed by atoms with Gasteiger partial charge in [-0.25, -0.2) is 0 Å². The standard InChI is InChI=1S/C24H23BO6/c26-12-23(13-27)24(14-28,15-29)31-25(30-23)16-9-10-21-19-7-2-1-5-17(19)18-6-3-4-8-20(18)22(21)11-16/h1-11,26-29H,12-15H2. The normalized spacial score (nSPS) is 17.7. The van der Waals surface area contributed by atoms with Gasteiger partial charge in [-0.2, -0.15) is 0 Å². The molecule has 0 spiro atoms. The summed E-state index contributed by atoms with van der Waals surface area (Å²) < 4.78 is 11.9. The Bertz CT molecular complexity index is 1210. The zero-order valence-corrected chi connectivity index (χ0v) is 16.9. The predicted octanol–water partition coefficient (Wildman–Crippen LogP) is 1.33. The van der Waals surface area contributed by atoms with Gasteiger partial charge in [0, 0.05) is 0 Å². The molecule has 31 heavy (non-hydrogen) atoms. The Kier molecular flexibility index (Phi) is 4.98. The van der Waals surface area contributed by atoms with Crippen molar-refractivity contribution in [3.8, 4) is 0 Å². The molecule has 1 aliphatic rings. The first kappa shape index (κ1) is 20.4. The lowest BCUT2D eigenvalue weighted by Gasteiger charge is -2.39. The van der Waals surface area contributed by atoms with E-state index in [9.17, 15) is 20.4 Å². The number of aliphatic hydroxyl groups excluding tert-OH is 4. The number of rotatable bonds is 5. The van der Waals surface area contributed by atoms with Crippen LogP contribution in [0.5, 0.6) is 0 Å². The molecule has 7 heteroatoms. The van der Waals surface area contributed by atoms with Gasteiger partial charge >= 0.3 is 7.12 Å². The molecule has 6 nitrogen and oxygen atoms in total. The first-order valence-corrected chi connectivity index (χ1v) is 10.2. The number of fused-ring (bicyclic) bond motifs is 6. The van der Waals surface area contributed by atoms with Gasteiger partial charge in [0.1, 0.15) is 11.2 Å². The van der Waals surface area contributed by atoms with Crippen molar-refractivity contribution >= 4 is 44.9 Å². The average molecular weight is 418 g/mol. The van der Waals surface area contributed by atoms with Crippen LogP contribution in [0.1, 0.15) is 0 Å².